The molecule has 0 radical (unpaired) electrons. The molecule has 0 aliphatic rings. The van der Waals surface area contributed by atoms with E-state index >= 15 is 0 Å². The van der Waals surface area contributed by atoms with Gasteiger partial charge >= 0.3 is 0 Å². The molecule has 0 bridgehead atoms. The third kappa shape index (κ3) is 1.89. The molecule has 0 unspecified atom stereocenters. The van der Waals surface area contributed by atoms with Gasteiger partial charge < -0.3 is 9.67 Å². The lowest BCUT2D eigenvalue weighted by Crippen LogP contribution is -1.98. The molecule has 1 heterocycles. The third-order valence-electron chi connectivity index (χ3n) is 2.84. The number of aromatic hydroxyl groups is 1. The molecule has 0 spiro atoms. The number of benzene rings is 1. The van der Waals surface area contributed by atoms with Crippen LogP contribution in [0, 0.1) is 4.77 Å². The number of para-hydroxylation sites is 1. The van der Waals surface area contributed by atoms with E-state index in [0.717, 1.165) is 11.4 Å². The van der Waals surface area contributed by atoms with E-state index in [2.05, 4.69) is 0 Å². The van der Waals surface area contributed by atoms with Crippen molar-refractivity contribution in [3.63, 3.8) is 0 Å². The summed E-state index contributed by atoms with van der Waals surface area (Å²) in [5.74, 6) is 0.463. The maximum Gasteiger partial charge on any atom is 0.218 e. The SMILES string of the molecule is CC(C)c1c(O)n(-c2ccccc2)c(=S)n1C. The lowest BCUT2D eigenvalue weighted by atomic mass is 10.1. The lowest BCUT2D eigenvalue weighted by molar-refractivity contribution is 0.431. The summed E-state index contributed by atoms with van der Waals surface area (Å²) < 4.78 is 4.17. The molecule has 0 aliphatic heterocycles. The monoisotopic (exact) mass is 248 g/mol. The van der Waals surface area contributed by atoms with Crippen molar-refractivity contribution < 1.29 is 5.11 Å². The summed E-state index contributed by atoms with van der Waals surface area (Å²) in [5, 5.41) is 10.3. The van der Waals surface area contributed by atoms with Gasteiger partial charge in [-0.05, 0) is 30.3 Å². The number of hydrogen-bond acceptors (Lipinski definition) is 2. The Morgan fingerprint density at radius 1 is 1.18 bits per heavy atom. The van der Waals surface area contributed by atoms with Crippen LogP contribution in [0.3, 0.4) is 0 Å². The first kappa shape index (κ1) is 11.9. The number of imidazole rings is 1. The molecule has 1 aromatic carbocycles. The zero-order valence-corrected chi connectivity index (χ0v) is 11.0. The van der Waals surface area contributed by atoms with Crippen LogP contribution in [-0.2, 0) is 7.05 Å². The molecule has 4 heteroatoms. The minimum atomic E-state index is 0.228. The van der Waals surface area contributed by atoms with Crippen LogP contribution in [0.1, 0.15) is 25.5 Å². The second-order valence-electron chi connectivity index (χ2n) is 4.38. The van der Waals surface area contributed by atoms with Crippen LogP contribution < -0.4 is 0 Å². The van der Waals surface area contributed by atoms with Gasteiger partial charge in [0, 0.05) is 7.05 Å². The Balaban J connectivity index is 2.73. The Hall–Kier alpha value is -1.55. The van der Waals surface area contributed by atoms with E-state index in [0.29, 0.717) is 4.77 Å². The van der Waals surface area contributed by atoms with Crippen molar-refractivity contribution in [2.45, 2.75) is 19.8 Å². The fraction of sp³-hybridized carbons (Fsp3) is 0.308. The smallest absolute Gasteiger partial charge is 0.218 e. The van der Waals surface area contributed by atoms with E-state index in [9.17, 15) is 5.11 Å². The van der Waals surface area contributed by atoms with E-state index in [1.807, 2.05) is 55.8 Å². The third-order valence-corrected chi connectivity index (χ3v) is 3.30. The van der Waals surface area contributed by atoms with Gasteiger partial charge in [-0.3, -0.25) is 4.57 Å². The molecule has 17 heavy (non-hydrogen) atoms. The van der Waals surface area contributed by atoms with Crippen molar-refractivity contribution >= 4 is 12.2 Å². The molecule has 0 amide bonds. The number of hydrogen-bond donors (Lipinski definition) is 1. The van der Waals surface area contributed by atoms with Crippen molar-refractivity contribution in [2.24, 2.45) is 7.05 Å². The summed E-state index contributed by atoms with van der Waals surface area (Å²) in [7, 11) is 1.89. The van der Waals surface area contributed by atoms with Gasteiger partial charge in [-0.15, -0.1) is 0 Å². The highest BCUT2D eigenvalue weighted by Crippen LogP contribution is 2.29. The Labute approximate surface area is 106 Å². The van der Waals surface area contributed by atoms with Gasteiger partial charge in [-0.1, -0.05) is 32.0 Å². The summed E-state index contributed by atoms with van der Waals surface area (Å²) in [6, 6.07) is 9.66. The molecule has 1 N–H and O–H groups in total. The standard InChI is InChI=1S/C13H16N2OS/c1-9(2)11-12(16)15(13(17)14(11)3)10-7-5-4-6-8-10/h4-9,16H,1-3H3. The van der Waals surface area contributed by atoms with E-state index in [-0.39, 0.29) is 11.8 Å². The lowest BCUT2D eigenvalue weighted by Gasteiger charge is -2.06. The Bertz CT molecular complexity index is 581. The van der Waals surface area contributed by atoms with Crippen LogP contribution in [-0.4, -0.2) is 14.2 Å². The second kappa shape index (κ2) is 4.37. The van der Waals surface area contributed by atoms with Crippen LogP contribution in [0.4, 0.5) is 0 Å². The van der Waals surface area contributed by atoms with Gasteiger partial charge in [0.15, 0.2) is 4.77 Å². The number of aromatic nitrogens is 2. The molecule has 90 valence electrons. The molecule has 3 nitrogen and oxygen atoms in total. The van der Waals surface area contributed by atoms with E-state index in [1.165, 1.54) is 0 Å². The first-order valence-corrected chi connectivity index (χ1v) is 6.01. The average Bonchev–Trinajstić information content (AvgIpc) is 2.51. The number of rotatable bonds is 2. The molecular weight excluding hydrogens is 232 g/mol. The molecular formula is C13H16N2OS. The zero-order chi connectivity index (χ0) is 12.6. The first-order chi connectivity index (χ1) is 8.04. The predicted molar refractivity (Wildman–Crippen MR) is 71.3 cm³/mol. The molecule has 2 rings (SSSR count). The summed E-state index contributed by atoms with van der Waals surface area (Å²) >= 11 is 5.37. The van der Waals surface area contributed by atoms with Gasteiger partial charge in [0.25, 0.3) is 0 Å². The van der Waals surface area contributed by atoms with Gasteiger partial charge in [0.05, 0.1) is 11.4 Å². The molecule has 0 fully saturated rings. The van der Waals surface area contributed by atoms with Crippen molar-refractivity contribution in [2.75, 3.05) is 0 Å². The highest BCUT2D eigenvalue weighted by Gasteiger charge is 2.18. The summed E-state index contributed by atoms with van der Waals surface area (Å²) in [6.07, 6.45) is 0. The van der Waals surface area contributed by atoms with Crippen LogP contribution >= 0.6 is 12.2 Å². The summed E-state index contributed by atoms with van der Waals surface area (Å²) in [6.45, 7) is 4.08. The van der Waals surface area contributed by atoms with Crippen molar-refractivity contribution in [1.29, 1.82) is 0 Å². The largest absolute Gasteiger partial charge is 0.493 e. The summed E-state index contributed by atoms with van der Waals surface area (Å²) in [4.78, 5) is 0. The predicted octanol–water partition coefficient (Wildman–Crippen LogP) is 3.37. The van der Waals surface area contributed by atoms with Gasteiger partial charge in [-0.25, -0.2) is 0 Å². The molecule has 0 saturated carbocycles. The van der Waals surface area contributed by atoms with Gasteiger partial charge in [0.1, 0.15) is 0 Å². The topological polar surface area (TPSA) is 30.1 Å². The fourth-order valence-corrected chi connectivity index (χ4v) is 2.35. The Morgan fingerprint density at radius 3 is 2.24 bits per heavy atom. The Morgan fingerprint density at radius 2 is 1.76 bits per heavy atom. The van der Waals surface area contributed by atoms with E-state index in [4.69, 9.17) is 12.2 Å². The van der Waals surface area contributed by atoms with E-state index < -0.39 is 0 Å². The van der Waals surface area contributed by atoms with Crippen LogP contribution in [0.25, 0.3) is 5.69 Å². The summed E-state index contributed by atoms with van der Waals surface area (Å²) in [5.41, 5.74) is 1.75. The van der Waals surface area contributed by atoms with Crippen LogP contribution in [0.2, 0.25) is 0 Å². The molecule has 0 atom stereocenters. The quantitative estimate of drug-likeness (QED) is 0.826. The fourth-order valence-electron chi connectivity index (χ4n) is 2.06. The molecule has 0 aliphatic carbocycles. The molecule has 1 aromatic heterocycles. The minimum absolute atomic E-state index is 0.228. The van der Waals surface area contributed by atoms with Gasteiger partial charge in [0.2, 0.25) is 5.88 Å². The maximum absolute atomic E-state index is 10.3. The molecule has 2 aromatic rings. The van der Waals surface area contributed by atoms with Crippen molar-refractivity contribution in [3.05, 3.63) is 40.8 Å². The normalized spacial score (nSPS) is 11.1. The van der Waals surface area contributed by atoms with Crippen molar-refractivity contribution in [3.8, 4) is 11.6 Å². The van der Waals surface area contributed by atoms with Crippen LogP contribution in [0.5, 0.6) is 5.88 Å². The highest BCUT2D eigenvalue weighted by molar-refractivity contribution is 7.71. The highest BCUT2D eigenvalue weighted by atomic mass is 32.1. The van der Waals surface area contributed by atoms with Gasteiger partial charge in [-0.2, -0.15) is 0 Å². The average molecular weight is 248 g/mol. The minimum Gasteiger partial charge on any atom is -0.493 e. The zero-order valence-electron chi connectivity index (χ0n) is 10.2. The van der Waals surface area contributed by atoms with Crippen molar-refractivity contribution in [1.82, 2.24) is 9.13 Å². The Kier molecular flexibility index (Phi) is 3.07. The van der Waals surface area contributed by atoms with E-state index in [1.54, 1.807) is 4.57 Å². The maximum atomic E-state index is 10.3. The second-order valence-corrected chi connectivity index (χ2v) is 4.74. The first-order valence-electron chi connectivity index (χ1n) is 5.60. The van der Waals surface area contributed by atoms with Crippen LogP contribution in [0.15, 0.2) is 30.3 Å². The molecule has 0 saturated heterocycles. The number of nitrogens with zero attached hydrogens (tertiary/aromatic N) is 2.